The second-order valence-electron chi connectivity index (χ2n) is 5.97. The van der Waals surface area contributed by atoms with Crippen LogP contribution in [0.15, 0.2) is 33.9 Å². The van der Waals surface area contributed by atoms with Crippen LogP contribution < -0.4 is 16.6 Å². The Hall–Kier alpha value is -2.37. The van der Waals surface area contributed by atoms with Gasteiger partial charge in [-0.3, -0.25) is 14.2 Å². The van der Waals surface area contributed by atoms with Gasteiger partial charge in [0.15, 0.2) is 0 Å². The van der Waals surface area contributed by atoms with Crippen LogP contribution in [-0.2, 0) is 11.3 Å². The SMILES string of the molecule is CC(C)NC(=O)CCCCCn1c(=O)[nH]c2ccccc2c1=O. The zero-order valence-electron chi connectivity index (χ0n) is 13.6. The largest absolute Gasteiger partial charge is 0.354 e. The van der Waals surface area contributed by atoms with Gasteiger partial charge in [-0.15, -0.1) is 0 Å². The van der Waals surface area contributed by atoms with Crippen LogP contribution in [0.25, 0.3) is 10.9 Å². The van der Waals surface area contributed by atoms with Gasteiger partial charge in [0.05, 0.1) is 10.9 Å². The third-order valence-corrected chi connectivity index (χ3v) is 3.62. The van der Waals surface area contributed by atoms with Crippen molar-refractivity contribution in [2.45, 2.75) is 52.1 Å². The molecule has 1 aromatic heterocycles. The van der Waals surface area contributed by atoms with Crippen molar-refractivity contribution in [3.63, 3.8) is 0 Å². The van der Waals surface area contributed by atoms with Gasteiger partial charge in [-0.05, 0) is 38.8 Å². The van der Waals surface area contributed by atoms with E-state index in [-0.39, 0.29) is 23.2 Å². The molecule has 6 nitrogen and oxygen atoms in total. The zero-order chi connectivity index (χ0) is 16.8. The monoisotopic (exact) mass is 317 g/mol. The average molecular weight is 317 g/mol. The standard InChI is InChI=1S/C17H23N3O3/c1-12(2)18-15(21)10-4-3-7-11-20-16(22)13-8-5-6-9-14(13)19-17(20)23/h5-6,8-9,12H,3-4,7,10-11H2,1-2H3,(H,18,21)(H,19,23). The zero-order valence-corrected chi connectivity index (χ0v) is 13.6. The van der Waals surface area contributed by atoms with E-state index in [9.17, 15) is 14.4 Å². The predicted octanol–water partition coefficient (Wildman–Crippen LogP) is 1.77. The first kappa shape index (κ1) is 17.0. The van der Waals surface area contributed by atoms with E-state index in [1.54, 1.807) is 24.3 Å². The lowest BCUT2D eigenvalue weighted by molar-refractivity contribution is -0.121. The van der Waals surface area contributed by atoms with E-state index >= 15 is 0 Å². The highest BCUT2D eigenvalue weighted by Gasteiger charge is 2.07. The Bertz CT molecular complexity index is 790. The minimum Gasteiger partial charge on any atom is -0.354 e. The highest BCUT2D eigenvalue weighted by Crippen LogP contribution is 2.04. The summed E-state index contributed by atoms with van der Waals surface area (Å²) in [7, 11) is 0. The molecule has 0 aliphatic rings. The topological polar surface area (TPSA) is 84.0 Å². The molecule has 1 amide bonds. The molecule has 0 saturated heterocycles. The summed E-state index contributed by atoms with van der Waals surface area (Å²) in [6.45, 7) is 4.22. The highest BCUT2D eigenvalue weighted by atomic mass is 16.2. The number of benzene rings is 1. The van der Waals surface area contributed by atoms with Crippen molar-refractivity contribution in [3.8, 4) is 0 Å². The summed E-state index contributed by atoms with van der Waals surface area (Å²) in [5.74, 6) is 0.0423. The molecule has 0 atom stereocenters. The molecule has 1 aromatic carbocycles. The number of fused-ring (bicyclic) bond motifs is 1. The lowest BCUT2D eigenvalue weighted by atomic mass is 10.2. The van der Waals surface area contributed by atoms with Gasteiger partial charge < -0.3 is 10.3 Å². The Kier molecular flexibility index (Phi) is 5.73. The van der Waals surface area contributed by atoms with E-state index in [0.29, 0.717) is 30.3 Å². The lowest BCUT2D eigenvalue weighted by Crippen LogP contribution is -2.35. The molecule has 0 bridgehead atoms. The summed E-state index contributed by atoms with van der Waals surface area (Å²) in [6.07, 6.45) is 2.71. The maximum absolute atomic E-state index is 12.3. The van der Waals surface area contributed by atoms with Crippen molar-refractivity contribution in [1.82, 2.24) is 14.9 Å². The number of hydrogen-bond donors (Lipinski definition) is 2. The van der Waals surface area contributed by atoms with Crippen LogP contribution in [0.2, 0.25) is 0 Å². The average Bonchev–Trinajstić information content (AvgIpc) is 2.49. The molecule has 6 heteroatoms. The van der Waals surface area contributed by atoms with Crippen LogP contribution in [0.3, 0.4) is 0 Å². The molecule has 2 rings (SSSR count). The van der Waals surface area contributed by atoms with Crippen LogP contribution in [-0.4, -0.2) is 21.5 Å². The summed E-state index contributed by atoms with van der Waals surface area (Å²) >= 11 is 0. The highest BCUT2D eigenvalue weighted by molar-refractivity contribution is 5.77. The molecule has 1 heterocycles. The molecule has 0 radical (unpaired) electrons. The number of unbranched alkanes of at least 4 members (excludes halogenated alkanes) is 2. The molecule has 0 aliphatic heterocycles. The first-order chi connectivity index (χ1) is 11.0. The molecule has 0 aliphatic carbocycles. The number of amides is 1. The van der Waals surface area contributed by atoms with E-state index in [1.165, 1.54) is 4.57 Å². The van der Waals surface area contributed by atoms with Crippen LogP contribution in [0.4, 0.5) is 0 Å². The van der Waals surface area contributed by atoms with Crippen molar-refractivity contribution < 1.29 is 4.79 Å². The molecule has 0 unspecified atom stereocenters. The van der Waals surface area contributed by atoms with Gasteiger partial charge in [0.2, 0.25) is 5.91 Å². The van der Waals surface area contributed by atoms with Crippen LogP contribution >= 0.6 is 0 Å². The van der Waals surface area contributed by atoms with Gasteiger partial charge in [-0.1, -0.05) is 18.6 Å². The predicted molar refractivity (Wildman–Crippen MR) is 90.6 cm³/mol. The number of aromatic nitrogens is 2. The number of carbonyl (C=O) groups excluding carboxylic acids is 1. The molecule has 0 spiro atoms. The third-order valence-electron chi connectivity index (χ3n) is 3.62. The normalized spacial score (nSPS) is 11.1. The van der Waals surface area contributed by atoms with Gasteiger partial charge in [0.25, 0.3) is 5.56 Å². The summed E-state index contributed by atoms with van der Waals surface area (Å²) in [5.41, 5.74) is -0.0859. The number of nitrogens with one attached hydrogen (secondary N) is 2. The lowest BCUT2D eigenvalue weighted by Gasteiger charge is -2.08. The van der Waals surface area contributed by atoms with Gasteiger partial charge >= 0.3 is 5.69 Å². The summed E-state index contributed by atoms with van der Waals surface area (Å²) in [6, 6.07) is 7.14. The Morgan fingerprint density at radius 2 is 1.91 bits per heavy atom. The Labute approximate surface area is 134 Å². The van der Waals surface area contributed by atoms with E-state index in [0.717, 1.165) is 12.8 Å². The number of para-hydroxylation sites is 1. The first-order valence-electron chi connectivity index (χ1n) is 8.00. The van der Waals surface area contributed by atoms with E-state index < -0.39 is 0 Å². The number of hydrogen-bond acceptors (Lipinski definition) is 3. The van der Waals surface area contributed by atoms with Gasteiger partial charge in [-0.25, -0.2) is 4.79 Å². The maximum Gasteiger partial charge on any atom is 0.328 e. The third kappa shape index (κ3) is 4.55. The summed E-state index contributed by atoms with van der Waals surface area (Å²) in [4.78, 5) is 38.6. The second-order valence-corrected chi connectivity index (χ2v) is 5.97. The Morgan fingerprint density at radius 3 is 2.65 bits per heavy atom. The number of carbonyl (C=O) groups is 1. The van der Waals surface area contributed by atoms with Crippen molar-refractivity contribution in [2.24, 2.45) is 0 Å². The molecule has 0 fully saturated rings. The molecular weight excluding hydrogens is 294 g/mol. The van der Waals surface area contributed by atoms with Crippen molar-refractivity contribution in [1.29, 1.82) is 0 Å². The molecule has 2 N–H and O–H groups in total. The fourth-order valence-electron chi connectivity index (χ4n) is 2.53. The molecule has 0 saturated carbocycles. The fourth-order valence-corrected chi connectivity index (χ4v) is 2.53. The van der Waals surface area contributed by atoms with Gasteiger partial charge in [0.1, 0.15) is 0 Å². The van der Waals surface area contributed by atoms with Crippen molar-refractivity contribution in [2.75, 3.05) is 0 Å². The second kappa shape index (κ2) is 7.76. The van der Waals surface area contributed by atoms with Crippen molar-refractivity contribution >= 4 is 16.8 Å². The first-order valence-corrected chi connectivity index (χ1v) is 8.00. The number of H-pyrrole nitrogens is 1. The Morgan fingerprint density at radius 1 is 1.17 bits per heavy atom. The van der Waals surface area contributed by atoms with Gasteiger partial charge in [-0.2, -0.15) is 0 Å². The number of aromatic amines is 1. The fraction of sp³-hybridized carbons (Fsp3) is 0.471. The molecular formula is C17H23N3O3. The number of rotatable bonds is 7. The quantitative estimate of drug-likeness (QED) is 0.763. The van der Waals surface area contributed by atoms with Crippen LogP contribution in [0.1, 0.15) is 39.5 Å². The molecule has 124 valence electrons. The Balaban J connectivity index is 1.92. The number of nitrogens with zero attached hydrogens (tertiary/aromatic N) is 1. The van der Waals surface area contributed by atoms with E-state index in [4.69, 9.17) is 0 Å². The minimum atomic E-state index is -0.383. The summed E-state index contributed by atoms with van der Waals surface area (Å²) < 4.78 is 1.23. The van der Waals surface area contributed by atoms with Crippen LogP contribution in [0.5, 0.6) is 0 Å². The van der Waals surface area contributed by atoms with E-state index in [2.05, 4.69) is 10.3 Å². The van der Waals surface area contributed by atoms with Gasteiger partial charge in [0, 0.05) is 19.0 Å². The maximum atomic E-state index is 12.3. The molecule has 2 aromatic rings. The van der Waals surface area contributed by atoms with Crippen molar-refractivity contribution in [3.05, 3.63) is 45.1 Å². The van der Waals surface area contributed by atoms with E-state index in [1.807, 2.05) is 13.8 Å². The molecule has 23 heavy (non-hydrogen) atoms. The minimum absolute atomic E-state index is 0.0423. The summed E-state index contributed by atoms with van der Waals surface area (Å²) in [5, 5.41) is 3.36. The smallest absolute Gasteiger partial charge is 0.328 e. The van der Waals surface area contributed by atoms with Crippen LogP contribution in [0, 0.1) is 0 Å².